The van der Waals surface area contributed by atoms with Gasteiger partial charge in [-0.05, 0) is 31.9 Å². The normalized spacial score (nSPS) is 11.2. The van der Waals surface area contributed by atoms with E-state index in [0.717, 1.165) is 28.3 Å². The van der Waals surface area contributed by atoms with Crippen LogP contribution in [-0.4, -0.2) is 36.3 Å². The summed E-state index contributed by atoms with van der Waals surface area (Å²) in [6.45, 7) is 4.59. The number of aromatic nitrogens is 5. The smallest absolute Gasteiger partial charge is 0.335 e. The molecule has 9 heteroatoms. The van der Waals surface area contributed by atoms with E-state index in [0.29, 0.717) is 25.2 Å². The summed E-state index contributed by atoms with van der Waals surface area (Å²) in [5, 5.41) is 18.6. The summed E-state index contributed by atoms with van der Waals surface area (Å²) in [7, 11) is 1.62. The van der Waals surface area contributed by atoms with Gasteiger partial charge in [-0.2, -0.15) is 5.10 Å². The molecule has 30 heavy (non-hydrogen) atoms. The highest BCUT2D eigenvalue weighted by Crippen LogP contribution is 2.20. The third kappa shape index (κ3) is 3.61. The van der Waals surface area contributed by atoms with Crippen molar-refractivity contribution in [3.8, 4) is 17.3 Å². The second-order valence-electron chi connectivity index (χ2n) is 7.06. The minimum absolute atomic E-state index is 0.142. The molecule has 0 saturated carbocycles. The van der Waals surface area contributed by atoms with Crippen LogP contribution in [0.2, 0.25) is 0 Å². The molecule has 0 atom stereocenters. The Hall–Kier alpha value is -3.75. The topological polar surface area (TPSA) is 100 Å². The molecule has 156 valence electrons. The molecule has 4 rings (SSSR count). The van der Waals surface area contributed by atoms with Crippen LogP contribution in [0.15, 0.2) is 52.2 Å². The maximum atomic E-state index is 12.9. The van der Waals surface area contributed by atoms with E-state index in [1.165, 1.54) is 15.3 Å². The maximum Gasteiger partial charge on any atom is 0.335 e. The minimum atomic E-state index is -0.334. The van der Waals surface area contributed by atoms with E-state index >= 15 is 0 Å². The highest BCUT2D eigenvalue weighted by Gasteiger charge is 2.16. The highest BCUT2D eigenvalue weighted by molar-refractivity contribution is 5.34. The van der Waals surface area contributed by atoms with E-state index in [1.807, 2.05) is 38.1 Å². The Labute approximate surface area is 172 Å². The fourth-order valence-corrected chi connectivity index (χ4v) is 3.48. The zero-order valence-corrected chi connectivity index (χ0v) is 17.1. The Bertz CT molecular complexity index is 1210. The number of imidazole rings is 1. The number of aromatic hydroxyl groups is 1. The molecule has 3 aromatic heterocycles. The fraction of sp³-hybridized carbons (Fsp3) is 0.286. The molecule has 0 saturated heterocycles. The van der Waals surface area contributed by atoms with E-state index in [1.54, 1.807) is 24.2 Å². The fourth-order valence-electron chi connectivity index (χ4n) is 3.48. The average molecular weight is 409 g/mol. The molecular formula is C21H23N5O4. The van der Waals surface area contributed by atoms with Crippen LogP contribution < -0.4 is 10.4 Å². The molecule has 1 aromatic carbocycles. The summed E-state index contributed by atoms with van der Waals surface area (Å²) < 4.78 is 14.9. The zero-order chi connectivity index (χ0) is 21.3. The third-order valence-corrected chi connectivity index (χ3v) is 5.13. The first-order chi connectivity index (χ1) is 14.5. The molecule has 3 heterocycles. The van der Waals surface area contributed by atoms with Crippen molar-refractivity contribution in [1.82, 2.24) is 24.1 Å². The van der Waals surface area contributed by atoms with E-state index in [2.05, 4.69) is 10.3 Å². The van der Waals surface area contributed by atoms with Crippen molar-refractivity contribution in [3.63, 3.8) is 0 Å². The number of ether oxygens (including phenoxy) is 1. The molecule has 0 amide bonds. The van der Waals surface area contributed by atoms with Crippen LogP contribution >= 0.6 is 0 Å². The lowest BCUT2D eigenvalue weighted by Gasteiger charge is -2.07. The molecule has 0 radical (unpaired) electrons. The van der Waals surface area contributed by atoms with Gasteiger partial charge in [0.15, 0.2) is 0 Å². The van der Waals surface area contributed by atoms with E-state index in [4.69, 9.17) is 9.26 Å². The van der Waals surface area contributed by atoms with Crippen molar-refractivity contribution in [2.24, 2.45) is 0 Å². The maximum absolute atomic E-state index is 12.9. The lowest BCUT2D eigenvalue weighted by molar-refractivity contribution is 0.391. The number of para-hydroxylation sites is 1. The number of hydrogen-bond acceptors (Lipinski definition) is 6. The second kappa shape index (κ2) is 7.94. The molecule has 0 spiro atoms. The average Bonchev–Trinajstić information content (AvgIpc) is 3.40. The molecule has 0 unspecified atom stereocenters. The van der Waals surface area contributed by atoms with Crippen LogP contribution in [0.3, 0.4) is 0 Å². The highest BCUT2D eigenvalue weighted by atomic mass is 16.5. The van der Waals surface area contributed by atoms with Gasteiger partial charge < -0.3 is 14.4 Å². The van der Waals surface area contributed by atoms with Gasteiger partial charge in [-0.3, -0.25) is 9.25 Å². The molecule has 0 aliphatic rings. The van der Waals surface area contributed by atoms with Crippen LogP contribution in [0, 0.1) is 13.8 Å². The lowest BCUT2D eigenvalue weighted by Crippen LogP contribution is -2.23. The third-order valence-electron chi connectivity index (χ3n) is 5.13. The van der Waals surface area contributed by atoms with E-state index in [9.17, 15) is 9.90 Å². The summed E-state index contributed by atoms with van der Waals surface area (Å²) in [5.74, 6) is 1.36. The lowest BCUT2D eigenvalue weighted by atomic mass is 10.1. The number of rotatable bonds is 7. The van der Waals surface area contributed by atoms with Crippen LogP contribution in [0.4, 0.5) is 0 Å². The van der Waals surface area contributed by atoms with Gasteiger partial charge >= 0.3 is 5.69 Å². The molecule has 0 aliphatic carbocycles. The van der Waals surface area contributed by atoms with E-state index in [-0.39, 0.29) is 11.6 Å². The molecular weight excluding hydrogens is 386 g/mol. The number of aryl methyl sites for hydroxylation is 4. The molecule has 9 nitrogen and oxygen atoms in total. The second-order valence-corrected chi connectivity index (χ2v) is 7.06. The van der Waals surface area contributed by atoms with E-state index < -0.39 is 0 Å². The van der Waals surface area contributed by atoms with Gasteiger partial charge in [0, 0.05) is 18.3 Å². The van der Waals surface area contributed by atoms with Gasteiger partial charge in [0.2, 0.25) is 5.88 Å². The van der Waals surface area contributed by atoms with Crippen molar-refractivity contribution in [1.29, 1.82) is 0 Å². The van der Waals surface area contributed by atoms with Gasteiger partial charge in [0.1, 0.15) is 11.5 Å². The van der Waals surface area contributed by atoms with Crippen LogP contribution in [-0.2, 0) is 19.5 Å². The Morgan fingerprint density at radius 1 is 1.20 bits per heavy atom. The zero-order valence-electron chi connectivity index (χ0n) is 17.1. The molecule has 4 aromatic rings. The standard InChI is InChI=1S/C21H23N5O4/c1-14-18(15(2)30-23-14)12-25-11-17(10-22-25)26-20(27)13-24(21(26)28)9-8-16-6-4-5-7-19(16)29-3/h4-7,10-11,13,27H,8-9,12H2,1-3H3. The summed E-state index contributed by atoms with van der Waals surface area (Å²) in [4.78, 5) is 12.9. The first-order valence-corrected chi connectivity index (χ1v) is 9.55. The monoisotopic (exact) mass is 409 g/mol. The number of methoxy groups -OCH3 is 1. The van der Waals surface area contributed by atoms with Gasteiger partial charge in [-0.25, -0.2) is 9.36 Å². The van der Waals surface area contributed by atoms with Gasteiger partial charge in [0.25, 0.3) is 0 Å². The Morgan fingerprint density at radius 2 is 2.00 bits per heavy atom. The summed E-state index contributed by atoms with van der Waals surface area (Å²) in [6, 6.07) is 7.67. The summed E-state index contributed by atoms with van der Waals surface area (Å²) in [5.41, 5.74) is 2.88. The number of hydrogen-bond donors (Lipinski definition) is 1. The van der Waals surface area contributed by atoms with Crippen LogP contribution in [0.1, 0.15) is 22.6 Å². The predicted molar refractivity (Wildman–Crippen MR) is 109 cm³/mol. The van der Waals surface area contributed by atoms with Crippen molar-refractivity contribution in [2.45, 2.75) is 33.4 Å². The van der Waals surface area contributed by atoms with Gasteiger partial charge in [0.05, 0.1) is 37.4 Å². The minimum Gasteiger partial charge on any atom is -0.496 e. The van der Waals surface area contributed by atoms with Gasteiger partial charge in [-0.1, -0.05) is 23.4 Å². The number of nitrogens with zero attached hydrogens (tertiary/aromatic N) is 5. The summed E-state index contributed by atoms with van der Waals surface area (Å²) >= 11 is 0. The largest absolute Gasteiger partial charge is 0.496 e. The Balaban J connectivity index is 1.55. The Kier molecular flexibility index (Phi) is 5.18. The van der Waals surface area contributed by atoms with Crippen molar-refractivity contribution in [2.75, 3.05) is 7.11 Å². The number of benzene rings is 1. The van der Waals surface area contributed by atoms with Gasteiger partial charge in [-0.15, -0.1) is 0 Å². The Morgan fingerprint density at radius 3 is 2.73 bits per heavy atom. The first-order valence-electron chi connectivity index (χ1n) is 9.55. The molecule has 0 aliphatic heterocycles. The van der Waals surface area contributed by atoms with Crippen molar-refractivity contribution in [3.05, 3.63) is 75.9 Å². The predicted octanol–water partition coefficient (Wildman–Crippen LogP) is 2.45. The van der Waals surface area contributed by atoms with Crippen LogP contribution in [0.5, 0.6) is 11.6 Å². The summed E-state index contributed by atoms with van der Waals surface area (Å²) in [6.07, 6.45) is 5.28. The van der Waals surface area contributed by atoms with Crippen molar-refractivity contribution >= 4 is 0 Å². The van der Waals surface area contributed by atoms with Crippen LogP contribution in [0.25, 0.3) is 5.69 Å². The first kappa shape index (κ1) is 19.6. The quantitative estimate of drug-likeness (QED) is 0.503. The SMILES string of the molecule is COc1ccccc1CCn1cc(O)n(-c2cnn(Cc3c(C)noc3C)c2)c1=O. The van der Waals surface area contributed by atoms with Crippen molar-refractivity contribution < 1.29 is 14.4 Å². The molecule has 0 bridgehead atoms. The molecule has 1 N–H and O–H groups in total. The molecule has 0 fully saturated rings.